The number of nitrogens with one attached hydrogen (secondary N) is 1. The molecule has 0 amide bonds. The van der Waals surface area contributed by atoms with E-state index in [1.165, 1.54) is 6.26 Å². The molecule has 0 fully saturated rings. The van der Waals surface area contributed by atoms with Gasteiger partial charge in [-0.3, -0.25) is 0 Å². The fraction of sp³-hybridized carbons (Fsp3) is 1.00. The van der Waals surface area contributed by atoms with Crippen molar-refractivity contribution < 1.29 is 39.2 Å². The van der Waals surface area contributed by atoms with E-state index in [4.69, 9.17) is 0 Å². The zero-order valence-corrected chi connectivity index (χ0v) is 10.3. The van der Waals surface area contributed by atoms with Gasteiger partial charge in [0.15, 0.2) is 0 Å². The highest BCUT2D eigenvalue weighted by Crippen LogP contribution is 2.48. The summed E-state index contributed by atoms with van der Waals surface area (Å²) in [7, 11) is -6.14. The molecule has 0 bridgehead atoms. The molecule has 0 radical (unpaired) electrons. The third kappa shape index (κ3) is 3.20. The zero-order valence-electron chi connectivity index (χ0n) is 8.69. The maximum Gasteiger partial charge on any atom is 0.461 e. The van der Waals surface area contributed by atoms with Crippen LogP contribution in [0.15, 0.2) is 0 Å². The van der Waals surface area contributed by atoms with Crippen molar-refractivity contribution in [3.63, 3.8) is 0 Å². The summed E-state index contributed by atoms with van der Waals surface area (Å²) in [6, 6.07) is 0. The van der Waals surface area contributed by atoms with Gasteiger partial charge < -0.3 is 0 Å². The van der Waals surface area contributed by atoms with E-state index < -0.39 is 33.9 Å². The second-order valence-electron chi connectivity index (χ2n) is 2.98. The van der Waals surface area contributed by atoms with Gasteiger partial charge >= 0.3 is 17.4 Å². The third-order valence-corrected chi connectivity index (χ3v) is 3.79. The second-order valence-corrected chi connectivity index (χ2v) is 5.77. The summed E-state index contributed by atoms with van der Waals surface area (Å²) in [6.45, 7) is -0.687. The molecule has 0 saturated heterocycles. The standard InChI is InChI=1S/C6H8F7NO2S2/c1-17-3-2-14-18(15,16)6(12,13)4(7,8)5(9,10)11/h14H,2-3H2,1H3. The Morgan fingerprint density at radius 2 is 1.50 bits per heavy atom. The van der Waals surface area contributed by atoms with Crippen molar-refractivity contribution in [3.05, 3.63) is 0 Å². The Hall–Kier alpha value is -0.230. The molecule has 0 aromatic rings. The Bertz CT molecular complexity index is 378. The molecule has 110 valence electrons. The van der Waals surface area contributed by atoms with Gasteiger partial charge in [-0.25, -0.2) is 13.1 Å². The summed E-state index contributed by atoms with van der Waals surface area (Å²) in [4.78, 5) is 0. The lowest BCUT2D eigenvalue weighted by molar-refractivity contribution is -0.332. The van der Waals surface area contributed by atoms with Crippen LogP contribution in [0.2, 0.25) is 0 Å². The van der Waals surface area contributed by atoms with E-state index in [1.54, 1.807) is 0 Å². The van der Waals surface area contributed by atoms with Crippen LogP contribution in [0.3, 0.4) is 0 Å². The van der Waals surface area contributed by atoms with Gasteiger partial charge in [0.2, 0.25) is 0 Å². The van der Waals surface area contributed by atoms with Crippen molar-refractivity contribution in [1.29, 1.82) is 0 Å². The van der Waals surface area contributed by atoms with Crippen LogP contribution in [0.5, 0.6) is 0 Å². The minimum absolute atomic E-state index is 0.0626. The van der Waals surface area contributed by atoms with Gasteiger partial charge in [0.05, 0.1) is 0 Å². The first kappa shape index (κ1) is 17.8. The summed E-state index contributed by atoms with van der Waals surface area (Å²) in [5.74, 6) is -6.74. The van der Waals surface area contributed by atoms with Crippen molar-refractivity contribution in [2.45, 2.75) is 17.4 Å². The van der Waals surface area contributed by atoms with E-state index >= 15 is 0 Å². The molecule has 1 N–H and O–H groups in total. The predicted octanol–water partition coefficient (Wildman–Crippen LogP) is 2.06. The van der Waals surface area contributed by atoms with Gasteiger partial charge in [-0.15, -0.1) is 0 Å². The number of thioether (sulfide) groups is 1. The topological polar surface area (TPSA) is 46.2 Å². The molecule has 0 rings (SSSR count). The summed E-state index contributed by atoms with van der Waals surface area (Å²) in [5, 5.41) is -6.28. The lowest BCUT2D eigenvalue weighted by atomic mass is 10.3. The maximum absolute atomic E-state index is 12.8. The highest BCUT2D eigenvalue weighted by molar-refractivity contribution is 7.98. The lowest BCUT2D eigenvalue weighted by Crippen LogP contribution is -2.59. The maximum atomic E-state index is 12.8. The Labute approximate surface area is 102 Å². The fourth-order valence-electron chi connectivity index (χ4n) is 0.702. The van der Waals surface area contributed by atoms with E-state index in [0.717, 1.165) is 16.5 Å². The SMILES string of the molecule is CSCCNS(=O)(=O)C(F)(F)C(F)(F)C(F)(F)F. The molecule has 0 aromatic heterocycles. The molecule has 0 saturated carbocycles. The van der Waals surface area contributed by atoms with Crippen molar-refractivity contribution >= 4 is 21.8 Å². The smallest absolute Gasteiger partial charge is 0.209 e. The number of hydrogen-bond donors (Lipinski definition) is 1. The Morgan fingerprint density at radius 3 is 1.83 bits per heavy atom. The predicted molar refractivity (Wildman–Crippen MR) is 51.3 cm³/mol. The molecule has 0 atom stereocenters. The molecule has 0 heterocycles. The molecule has 0 aliphatic carbocycles. The van der Waals surface area contributed by atoms with Crippen LogP contribution >= 0.6 is 11.8 Å². The molecular weight excluding hydrogens is 315 g/mol. The summed E-state index contributed by atoms with van der Waals surface area (Å²) < 4.78 is 108. The van der Waals surface area contributed by atoms with Gasteiger partial charge in [0, 0.05) is 12.3 Å². The number of halogens is 7. The minimum atomic E-state index is -6.68. The van der Waals surface area contributed by atoms with E-state index in [9.17, 15) is 39.2 Å². The van der Waals surface area contributed by atoms with Crippen LogP contribution in [0.1, 0.15) is 0 Å². The van der Waals surface area contributed by atoms with Crippen LogP contribution in [0, 0.1) is 0 Å². The quantitative estimate of drug-likeness (QED) is 0.601. The number of rotatable bonds is 6. The number of hydrogen-bond acceptors (Lipinski definition) is 3. The Kier molecular flexibility index (Phi) is 5.34. The number of alkyl halides is 7. The molecule has 0 unspecified atom stereocenters. The van der Waals surface area contributed by atoms with Crippen LogP contribution in [0.4, 0.5) is 30.7 Å². The first-order chi connectivity index (χ1) is 7.81. The monoisotopic (exact) mass is 323 g/mol. The molecular formula is C6H8F7NO2S2. The van der Waals surface area contributed by atoms with Gasteiger partial charge in [0.25, 0.3) is 10.0 Å². The van der Waals surface area contributed by atoms with Crippen molar-refractivity contribution in [3.8, 4) is 0 Å². The molecule has 0 aromatic carbocycles. The number of sulfonamides is 1. The molecule has 0 spiro atoms. The normalized spacial score (nSPS) is 14.9. The highest BCUT2D eigenvalue weighted by Gasteiger charge is 2.78. The van der Waals surface area contributed by atoms with E-state index in [-0.39, 0.29) is 5.75 Å². The van der Waals surface area contributed by atoms with Crippen LogP contribution in [0.25, 0.3) is 0 Å². The lowest BCUT2D eigenvalue weighted by Gasteiger charge is -2.27. The van der Waals surface area contributed by atoms with Crippen LogP contribution in [-0.2, 0) is 10.0 Å². The average molecular weight is 323 g/mol. The summed E-state index contributed by atoms with van der Waals surface area (Å²) in [6.07, 6.45) is -5.22. The largest absolute Gasteiger partial charge is 0.461 e. The summed E-state index contributed by atoms with van der Waals surface area (Å²) in [5.41, 5.74) is 0. The van der Waals surface area contributed by atoms with E-state index in [2.05, 4.69) is 0 Å². The zero-order chi connectivity index (χ0) is 14.8. The van der Waals surface area contributed by atoms with Crippen molar-refractivity contribution in [2.75, 3.05) is 18.6 Å². The van der Waals surface area contributed by atoms with E-state index in [0.29, 0.717) is 0 Å². The molecule has 18 heavy (non-hydrogen) atoms. The Balaban J connectivity index is 5.25. The van der Waals surface area contributed by atoms with Crippen molar-refractivity contribution in [1.82, 2.24) is 4.72 Å². The minimum Gasteiger partial charge on any atom is -0.209 e. The molecule has 12 heteroatoms. The summed E-state index contributed by atoms with van der Waals surface area (Å²) >= 11 is 0.984. The third-order valence-electron chi connectivity index (χ3n) is 1.66. The highest BCUT2D eigenvalue weighted by atomic mass is 32.2. The molecule has 0 aliphatic rings. The average Bonchev–Trinajstić information content (AvgIpc) is 2.15. The first-order valence-corrected chi connectivity index (χ1v) is 6.99. The Morgan fingerprint density at radius 1 is 1.06 bits per heavy atom. The van der Waals surface area contributed by atoms with Crippen molar-refractivity contribution in [2.24, 2.45) is 0 Å². The van der Waals surface area contributed by atoms with E-state index in [1.807, 2.05) is 0 Å². The van der Waals surface area contributed by atoms with Gasteiger partial charge in [0.1, 0.15) is 0 Å². The molecule has 0 aliphatic heterocycles. The second kappa shape index (κ2) is 5.41. The molecule has 3 nitrogen and oxygen atoms in total. The van der Waals surface area contributed by atoms with Gasteiger partial charge in [-0.05, 0) is 6.26 Å². The first-order valence-electron chi connectivity index (χ1n) is 4.11. The van der Waals surface area contributed by atoms with Crippen LogP contribution in [-0.4, -0.2) is 44.3 Å². The van der Waals surface area contributed by atoms with Gasteiger partial charge in [-0.1, -0.05) is 0 Å². The fourth-order valence-corrected chi connectivity index (χ4v) is 2.14. The van der Waals surface area contributed by atoms with Gasteiger partial charge in [-0.2, -0.15) is 42.5 Å². The van der Waals surface area contributed by atoms with Crippen LogP contribution < -0.4 is 4.72 Å².